The smallest absolute Gasteiger partial charge is 0.420 e. The fraction of sp³-hybridized carbons (Fsp3) is 0.414. The molecule has 0 aliphatic carbocycles. The van der Waals surface area contributed by atoms with Gasteiger partial charge in [0.15, 0.2) is 5.82 Å². The molecule has 3 aromatic rings. The number of carbonyl (C=O) groups excluding carboxylic acids is 2. The molecule has 0 aliphatic rings. The van der Waals surface area contributed by atoms with Crippen molar-refractivity contribution in [2.75, 3.05) is 0 Å². The fourth-order valence-corrected chi connectivity index (χ4v) is 4.12. The van der Waals surface area contributed by atoms with E-state index >= 15 is 0 Å². The zero-order chi connectivity index (χ0) is 27.1. The third-order valence-electron chi connectivity index (χ3n) is 5.16. The topological polar surface area (TPSA) is 70.4 Å². The minimum Gasteiger partial charge on any atom is -0.457 e. The summed E-state index contributed by atoms with van der Waals surface area (Å²) in [6.45, 7) is 17.4. The maximum atomic E-state index is 13.4. The van der Waals surface area contributed by atoms with E-state index < -0.39 is 23.3 Å². The highest BCUT2D eigenvalue weighted by Gasteiger charge is 2.26. The number of hydrogen-bond donors (Lipinski definition) is 0. The molecule has 2 aromatic carbocycles. The average Bonchev–Trinajstić information content (AvgIpc) is 3.11. The summed E-state index contributed by atoms with van der Waals surface area (Å²) in [7, 11) is 0. The highest BCUT2D eigenvalue weighted by atomic mass is 79.9. The number of imidazole rings is 1. The predicted octanol–water partition coefficient (Wildman–Crippen LogP) is 7.90. The number of ether oxygens (including phenoxy) is 2. The summed E-state index contributed by atoms with van der Waals surface area (Å²) >= 11 is 3.64. The second-order valence-electron chi connectivity index (χ2n) is 11.8. The Morgan fingerprint density at radius 1 is 0.917 bits per heavy atom. The standard InChI is InChI=1S/C29H35BrN2O4/c1-27(2,3)20-12-10-11-19(17-20)25-31-24-21(32(25)26(34)36-29(7,8)9)15-13-18(23(24)30)14-16-22(33)35-28(4,5)6/h10-17H,1-9H3/b16-14+. The molecule has 0 spiro atoms. The quantitative estimate of drug-likeness (QED) is 0.243. The number of fused-ring (bicyclic) bond motifs is 1. The molecule has 0 saturated carbocycles. The van der Waals surface area contributed by atoms with E-state index in [9.17, 15) is 9.59 Å². The molecule has 0 amide bonds. The van der Waals surface area contributed by atoms with E-state index in [2.05, 4.69) is 48.8 Å². The summed E-state index contributed by atoms with van der Waals surface area (Å²) in [6.07, 6.45) is 2.55. The van der Waals surface area contributed by atoms with Crippen LogP contribution in [0.1, 0.15) is 73.4 Å². The van der Waals surface area contributed by atoms with Gasteiger partial charge in [-0.2, -0.15) is 0 Å². The van der Waals surface area contributed by atoms with Crippen LogP contribution in [0.15, 0.2) is 46.9 Å². The second kappa shape index (κ2) is 9.85. The fourth-order valence-electron chi connectivity index (χ4n) is 3.56. The second-order valence-corrected chi connectivity index (χ2v) is 12.6. The van der Waals surface area contributed by atoms with Gasteiger partial charge < -0.3 is 9.47 Å². The largest absolute Gasteiger partial charge is 0.457 e. The van der Waals surface area contributed by atoms with E-state index in [4.69, 9.17) is 14.5 Å². The molecule has 3 rings (SSSR count). The van der Waals surface area contributed by atoms with Crippen LogP contribution in [-0.2, 0) is 19.7 Å². The van der Waals surface area contributed by atoms with Crippen LogP contribution in [0.25, 0.3) is 28.5 Å². The molecule has 0 fully saturated rings. The Bertz CT molecular complexity index is 1330. The molecule has 6 nitrogen and oxygen atoms in total. The van der Waals surface area contributed by atoms with Gasteiger partial charge in [-0.25, -0.2) is 19.1 Å². The summed E-state index contributed by atoms with van der Waals surface area (Å²) in [4.78, 5) is 30.4. The van der Waals surface area contributed by atoms with E-state index in [1.807, 2.05) is 65.8 Å². The number of rotatable bonds is 3. The molecule has 1 aromatic heterocycles. The van der Waals surface area contributed by atoms with Gasteiger partial charge in [0, 0.05) is 11.6 Å². The molecule has 1 heterocycles. The highest BCUT2D eigenvalue weighted by molar-refractivity contribution is 9.10. The van der Waals surface area contributed by atoms with Crippen LogP contribution in [0.5, 0.6) is 0 Å². The molecular weight excluding hydrogens is 520 g/mol. The van der Waals surface area contributed by atoms with Gasteiger partial charge in [-0.1, -0.05) is 45.0 Å². The van der Waals surface area contributed by atoms with Gasteiger partial charge in [-0.05, 0) is 92.2 Å². The van der Waals surface area contributed by atoms with Crippen molar-refractivity contribution in [2.45, 2.75) is 78.9 Å². The molecule has 192 valence electrons. The van der Waals surface area contributed by atoms with Gasteiger partial charge in [0.05, 0.1) is 9.99 Å². The zero-order valence-corrected chi connectivity index (χ0v) is 24.1. The third-order valence-corrected chi connectivity index (χ3v) is 6.00. The third kappa shape index (κ3) is 6.64. The Morgan fingerprint density at radius 3 is 2.14 bits per heavy atom. The number of halogens is 1. The van der Waals surface area contributed by atoms with Crippen LogP contribution in [0.2, 0.25) is 0 Å². The SMILES string of the molecule is CC(C)(C)OC(=O)/C=C/c1ccc2c(nc(-c3cccc(C(C)(C)C)c3)n2C(=O)OC(C)(C)C)c1Br. The van der Waals surface area contributed by atoms with Gasteiger partial charge in [0.2, 0.25) is 0 Å². The van der Waals surface area contributed by atoms with E-state index in [1.165, 1.54) is 10.6 Å². The maximum absolute atomic E-state index is 13.4. The number of nitrogens with zero attached hydrogens (tertiary/aromatic N) is 2. The Balaban J connectivity index is 2.18. The van der Waals surface area contributed by atoms with Crippen LogP contribution >= 0.6 is 15.9 Å². The van der Waals surface area contributed by atoms with Gasteiger partial charge >= 0.3 is 12.1 Å². The lowest BCUT2D eigenvalue weighted by Gasteiger charge is -2.21. The number of carbonyl (C=O) groups is 2. The number of hydrogen-bond acceptors (Lipinski definition) is 5. The van der Waals surface area contributed by atoms with Crippen molar-refractivity contribution in [2.24, 2.45) is 0 Å². The van der Waals surface area contributed by atoms with Crippen LogP contribution < -0.4 is 0 Å². The summed E-state index contributed by atoms with van der Waals surface area (Å²) < 4.78 is 13.3. The summed E-state index contributed by atoms with van der Waals surface area (Å²) in [5, 5.41) is 0. The predicted molar refractivity (Wildman–Crippen MR) is 148 cm³/mol. The van der Waals surface area contributed by atoms with Crippen LogP contribution in [-0.4, -0.2) is 32.8 Å². The summed E-state index contributed by atoms with van der Waals surface area (Å²) in [6, 6.07) is 11.7. The van der Waals surface area contributed by atoms with Crippen molar-refractivity contribution < 1.29 is 19.1 Å². The lowest BCUT2D eigenvalue weighted by Crippen LogP contribution is -2.27. The van der Waals surface area contributed by atoms with Gasteiger partial charge in [-0.3, -0.25) is 0 Å². The Kier molecular flexibility index (Phi) is 7.56. The highest BCUT2D eigenvalue weighted by Crippen LogP contribution is 2.34. The molecule has 0 bridgehead atoms. The lowest BCUT2D eigenvalue weighted by atomic mass is 9.86. The number of benzene rings is 2. The number of esters is 1. The monoisotopic (exact) mass is 554 g/mol. The first-order valence-corrected chi connectivity index (χ1v) is 12.7. The molecule has 0 unspecified atom stereocenters. The van der Waals surface area contributed by atoms with Gasteiger partial charge in [-0.15, -0.1) is 0 Å². The normalized spacial score (nSPS) is 12.8. The Hall–Kier alpha value is -2.93. The molecule has 0 atom stereocenters. The maximum Gasteiger partial charge on any atom is 0.420 e. The Morgan fingerprint density at radius 2 is 1.56 bits per heavy atom. The number of aromatic nitrogens is 2. The van der Waals surface area contributed by atoms with Crippen molar-refractivity contribution >= 4 is 45.1 Å². The van der Waals surface area contributed by atoms with E-state index in [1.54, 1.807) is 6.08 Å². The molecule has 0 saturated heterocycles. The van der Waals surface area contributed by atoms with Crippen LogP contribution in [0.3, 0.4) is 0 Å². The van der Waals surface area contributed by atoms with Crippen molar-refractivity contribution in [3.63, 3.8) is 0 Å². The minimum atomic E-state index is -0.675. The van der Waals surface area contributed by atoms with Crippen molar-refractivity contribution in [3.05, 3.63) is 58.1 Å². The molecule has 36 heavy (non-hydrogen) atoms. The molecule has 0 N–H and O–H groups in total. The van der Waals surface area contributed by atoms with Crippen molar-refractivity contribution in [1.29, 1.82) is 0 Å². The van der Waals surface area contributed by atoms with Crippen LogP contribution in [0.4, 0.5) is 4.79 Å². The van der Waals surface area contributed by atoms with E-state index in [0.29, 0.717) is 21.3 Å². The zero-order valence-electron chi connectivity index (χ0n) is 22.5. The summed E-state index contributed by atoms with van der Waals surface area (Å²) in [5.41, 5.74) is 2.53. The minimum absolute atomic E-state index is 0.0705. The van der Waals surface area contributed by atoms with E-state index in [0.717, 1.165) is 16.7 Å². The first-order valence-electron chi connectivity index (χ1n) is 11.9. The first-order chi connectivity index (χ1) is 16.5. The first kappa shape index (κ1) is 27.7. The lowest BCUT2D eigenvalue weighted by molar-refractivity contribution is -0.148. The Labute approximate surface area is 221 Å². The van der Waals surface area contributed by atoms with Crippen molar-refractivity contribution in [3.8, 4) is 11.4 Å². The molecule has 0 aliphatic heterocycles. The van der Waals surface area contributed by atoms with Gasteiger partial charge in [0.1, 0.15) is 16.7 Å². The average molecular weight is 556 g/mol. The molecular formula is C29H35BrN2O4. The molecule has 0 radical (unpaired) electrons. The van der Waals surface area contributed by atoms with Gasteiger partial charge in [0.25, 0.3) is 0 Å². The van der Waals surface area contributed by atoms with Crippen molar-refractivity contribution in [1.82, 2.24) is 9.55 Å². The van der Waals surface area contributed by atoms with E-state index in [-0.39, 0.29) is 5.41 Å². The van der Waals surface area contributed by atoms with Crippen LogP contribution in [0, 0.1) is 0 Å². The summed E-state index contributed by atoms with van der Waals surface area (Å²) in [5.74, 6) is 0.0489. The molecule has 7 heteroatoms.